The van der Waals surface area contributed by atoms with E-state index in [1.165, 1.54) is 37.7 Å². The van der Waals surface area contributed by atoms with E-state index in [9.17, 15) is 0 Å². The average Bonchev–Trinajstić information content (AvgIpc) is 2.36. The van der Waals surface area contributed by atoms with Crippen molar-refractivity contribution >= 4 is 16.4 Å². The van der Waals surface area contributed by atoms with Gasteiger partial charge in [-0.05, 0) is 31.0 Å². The number of rotatable bonds is 10. The molecule has 0 aliphatic heterocycles. The van der Waals surface area contributed by atoms with Gasteiger partial charge in [-0.1, -0.05) is 90.0 Å². The smallest absolute Gasteiger partial charge is 0.192 e. The zero-order chi connectivity index (χ0) is 18.1. The Kier molecular flexibility index (Phi) is 9.94. The Labute approximate surface area is 148 Å². The molecule has 0 saturated carbocycles. The Hall–Kier alpha value is -0.126. The third kappa shape index (κ3) is 11.1. The van der Waals surface area contributed by atoms with Crippen LogP contribution in [0.25, 0.3) is 0 Å². The summed E-state index contributed by atoms with van der Waals surface area (Å²) in [4.78, 5) is 0. The highest BCUT2D eigenvalue weighted by atomic mass is 28.4. The second-order valence-corrected chi connectivity index (χ2v) is 19.2. The fraction of sp³-hybridized carbons (Fsp3) is 0.800. The highest BCUT2D eigenvalue weighted by molar-refractivity contribution is 6.81. The van der Waals surface area contributed by atoms with E-state index in [0.29, 0.717) is 0 Å². The van der Waals surface area contributed by atoms with E-state index < -0.39 is 16.4 Å². The van der Waals surface area contributed by atoms with Gasteiger partial charge in [0.2, 0.25) is 0 Å². The molecule has 0 atom stereocenters. The van der Waals surface area contributed by atoms with Gasteiger partial charge in [-0.3, -0.25) is 0 Å². The number of hydrogen-bond donors (Lipinski definition) is 0. The van der Waals surface area contributed by atoms with Crippen LogP contribution >= 0.6 is 0 Å². The maximum absolute atomic E-state index is 6.25. The van der Waals surface area contributed by atoms with Crippen molar-refractivity contribution in [3.8, 4) is 0 Å². The van der Waals surface area contributed by atoms with E-state index in [1.54, 1.807) is 0 Å². The Morgan fingerprint density at radius 1 is 0.957 bits per heavy atom. The van der Waals surface area contributed by atoms with Crippen molar-refractivity contribution in [1.82, 2.24) is 0 Å². The van der Waals surface area contributed by atoms with Crippen molar-refractivity contribution in [2.75, 3.05) is 6.61 Å². The Morgan fingerprint density at radius 2 is 1.57 bits per heavy atom. The van der Waals surface area contributed by atoms with Crippen LogP contribution in [0.4, 0.5) is 0 Å². The van der Waals surface area contributed by atoms with Gasteiger partial charge in [-0.25, -0.2) is 0 Å². The summed E-state index contributed by atoms with van der Waals surface area (Å²) in [5, 5.41) is 0.290. The first-order valence-corrected chi connectivity index (χ1v) is 15.9. The summed E-state index contributed by atoms with van der Waals surface area (Å²) < 4.78 is 6.25. The third-order valence-corrected chi connectivity index (χ3v) is 10.4. The molecule has 136 valence electrons. The van der Waals surface area contributed by atoms with Crippen LogP contribution in [0.3, 0.4) is 0 Å². The van der Waals surface area contributed by atoms with Gasteiger partial charge in [0.1, 0.15) is 0 Å². The van der Waals surface area contributed by atoms with Crippen molar-refractivity contribution in [2.24, 2.45) is 0 Å². The fourth-order valence-electron chi connectivity index (χ4n) is 2.19. The summed E-state index contributed by atoms with van der Waals surface area (Å²) in [6.45, 7) is 21.8. The molecule has 0 bridgehead atoms. The highest BCUT2D eigenvalue weighted by Crippen LogP contribution is 2.36. The second kappa shape index (κ2) is 10.00. The molecule has 0 N–H and O–H groups in total. The summed E-state index contributed by atoms with van der Waals surface area (Å²) in [6.07, 6.45) is 11.1. The molecule has 23 heavy (non-hydrogen) atoms. The zero-order valence-electron chi connectivity index (χ0n) is 17.4. The van der Waals surface area contributed by atoms with Crippen LogP contribution in [0.2, 0.25) is 37.8 Å². The molecule has 0 aromatic heterocycles. The van der Waals surface area contributed by atoms with Crippen LogP contribution in [0.15, 0.2) is 23.4 Å². The largest absolute Gasteiger partial charge is 0.413 e. The first kappa shape index (κ1) is 22.9. The predicted molar refractivity (Wildman–Crippen MR) is 112 cm³/mol. The van der Waals surface area contributed by atoms with Gasteiger partial charge in [0, 0.05) is 0 Å². The molecule has 0 aliphatic carbocycles. The van der Waals surface area contributed by atoms with Gasteiger partial charge in [0.15, 0.2) is 8.32 Å². The lowest BCUT2D eigenvalue weighted by Crippen LogP contribution is -2.40. The van der Waals surface area contributed by atoms with Crippen molar-refractivity contribution in [1.29, 1.82) is 0 Å². The lowest BCUT2D eigenvalue weighted by molar-refractivity contribution is 0.328. The van der Waals surface area contributed by atoms with Crippen molar-refractivity contribution in [3.05, 3.63) is 23.4 Å². The topological polar surface area (TPSA) is 9.23 Å². The lowest BCUT2D eigenvalue weighted by Gasteiger charge is -2.35. The highest BCUT2D eigenvalue weighted by Gasteiger charge is 2.36. The number of hydrogen-bond acceptors (Lipinski definition) is 1. The van der Waals surface area contributed by atoms with E-state index in [4.69, 9.17) is 4.43 Å². The van der Waals surface area contributed by atoms with Gasteiger partial charge in [-0.15, -0.1) is 0 Å². The van der Waals surface area contributed by atoms with Gasteiger partial charge >= 0.3 is 0 Å². The minimum absolute atomic E-state index is 0.290. The van der Waals surface area contributed by atoms with Crippen LogP contribution in [0.1, 0.15) is 59.8 Å². The monoisotopic (exact) mass is 354 g/mol. The summed E-state index contributed by atoms with van der Waals surface area (Å²) in [6, 6.07) is 0. The third-order valence-electron chi connectivity index (χ3n) is 4.62. The van der Waals surface area contributed by atoms with Gasteiger partial charge in [0.05, 0.1) is 14.7 Å². The average molecular weight is 355 g/mol. The summed E-state index contributed by atoms with van der Waals surface area (Å²) in [5.74, 6) is 0. The number of allylic oxidation sites excluding steroid dienone is 2. The molecular weight excluding hydrogens is 312 g/mol. The van der Waals surface area contributed by atoms with Crippen molar-refractivity contribution in [2.45, 2.75) is 97.6 Å². The van der Waals surface area contributed by atoms with E-state index in [0.717, 1.165) is 6.61 Å². The fourth-order valence-corrected chi connectivity index (χ4v) is 4.49. The Balaban J connectivity index is 4.62. The molecule has 0 radical (unpaired) electrons. The quantitative estimate of drug-likeness (QED) is 0.226. The lowest BCUT2D eigenvalue weighted by atomic mass is 10.1. The van der Waals surface area contributed by atoms with Gasteiger partial charge < -0.3 is 4.43 Å². The number of unbranched alkanes of at least 4 members (excludes halogenated alkanes) is 3. The first-order chi connectivity index (χ1) is 10.4. The van der Waals surface area contributed by atoms with Gasteiger partial charge in [0.25, 0.3) is 0 Å². The molecule has 0 fully saturated rings. The van der Waals surface area contributed by atoms with Crippen LogP contribution in [-0.2, 0) is 4.43 Å². The normalized spacial score (nSPS) is 14.7. The summed E-state index contributed by atoms with van der Waals surface area (Å²) >= 11 is 0. The minimum Gasteiger partial charge on any atom is -0.413 e. The summed E-state index contributed by atoms with van der Waals surface area (Å²) in [5.41, 5.74) is 4.08. The standard InChI is InChI=1S/C20H42OSi2/c1-10-11-12-13-15-19(18-22(5,6)7)16-14-17-21-23(8,9)20(2,3)4/h14,16,18H,10-13,15,17H2,1-9H3/b16-14+,19-18+. The predicted octanol–water partition coefficient (Wildman–Crippen LogP) is 7.34. The maximum atomic E-state index is 6.25. The zero-order valence-corrected chi connectivity index (χ0v) is 19.4. The molecule has 3 heteroatoms. The van der Waals surface area contributed by atoms with Crippen LogP contribution < -0.4 is 0 Å². The molecule has 0 unspecified atom stereocenters. The molecule has 1 nitrogen and oxygen atoms in total. The van der Waals surface area contributed by atoms with Crippen LogP contribution in [0.5, 0.6) is 0 Å². The molecule has 0 spiro atoms. The molecule has 0 aromatic rings. The molecule has 0 rings (SSSR count). The SMILES string of the molecule is CCCCCCC(/C=C/CO[Si](C)(C)C(C)(C)C)=C\[Si](C)(C)C. The first-order valence-electron chi connectivity index (χ1n) is 9.41. The molecule has 0 aliphatic rings. The van der Waals surface area contributed by atoms with Crippen LogP contribution in [-0.4, -0.2) is 23.0 Å². The molecular formula is C20H42OSi2. The summed E-state index contributed by atoms with van der Waals surface area (Å²) in [7, 11) is -2.78. The maximum Gasteiger partial charge on any atom is 0.192 e. The molecule has 0 heterocycles. The van der Waals surface area contributed by atoms with Crippen molar-refractivity contribution < 1.29 is 4.43 Å². The van der Waals surface area contributed by atoms with E-state index in [-0.39, 0.29) is 5.04 Å². The second-order valence-electron chi connectivity index (χ2n) is 9.37. The van der Waals surface area contributed by atoms with E-state index >= 15 is 0 Å². The molecule has 0 amide bonds. The van der Waals surface area contributed by atoms with Gasteiger partial charge in [-0.2, -0.15) is 0 Å². The molecule has 0 saturated heterocycles. The van der Waals surface area contributed by atoms with E-state index in [2.05, 4.69) is 78.3 Å². The Bertz CT molecular complexity index is 381. The van der Waals surface area contributed by atoms with Crippen molar-refractivity contribution in [3.63, 3.8) is 0 Å². The van der Waals surface area contributed by atoms with Crippen LogP contribution in [0, 0.1) is 0 Å². The Morgan fingerprint density at radius 3 is 2.04 bits per heavy atom. The van der Waals surface area contributed by atoms with E-state index in [1.807, 2.05) is 0 Å². The minimum atomic E-state index is -1.62. The molecule has 0 aromatic carbocycles.